The van der Waals surface area contributed by atoms with Gasteiger partial charge in [-0.05, 0) is 0 Å². The van der Waals surface area contributed by atoms with E-state index in [0.717, 1.165) is 0 Å². The van der Waals surface area contributed by atoms with Gasteiger partial charge >= 0.3 is 224 Å². The van der Waals surface area contributed by atoms with Gasteiger partial charge in [-0.2, -0.15) is 0 Å². The Morgan fingerprint density at radius 3 is 2.55 bits per heavy atom. The maximum absolute atomic E-state index is 13.2. The first kappa shape index (κ1) is 28.6. The van der Waals surface area contributed by atoms with Gasteiger partial charge in [0.2, 0.25) is 0 Å². The van der Waals surface area contributed by atoms with Crippen molar-refractivity contribution in [3.63, 3.8) is 0 Å². The molecule has 3 heterocycles. The van der Waals surface area contributed by atoms with Crippen molar-refractivity contribution in [2.24, 2.45) is 0 Å². The third-order valence-electron chi connectivity index (χ3n) is 6.39. The Labute approximate surface area is 224 Å². The number of methoxy groups -OCH3 is 2. The summed E-state index contributed by atoms with van der Waals surface area (Å²) in [5.41, 5.74) is -0.850. The number of para-hydroxylation sites is 1. The minimum absolute atomic E-state index is 0.0709. The molecule has 2 aromatic rings. The molecule has 4 rings (SSSR count). The summed E-state index contributed by atoms with van der Waals surface area (Å²) in [5.74, 6) is -0.964. The van der Waals surface area contributed by atoms with Crippen LogP contribution in [0.3, 0.4) is 0 Å². The van der Waals surface area contributed by atoms with E-state index >= 15 is 0 Å². The molecule has 0 radical (unpaired) electrons. The number of nitrogens with one attached hydrogen (secondary N) is 1. The van der Waals surface area contributed by atoms with Crippen LogP contribution in [0, 0.1) is 10.1 Å². The van der Waals surface area contributed by atoms with Gasteiger partial charge in [-0.3, -0.25) is 0 Å². The van der Waals surface area contributed by atoms with Crippen molar-refractivity contribution >= 4 is 25.1 Å². The Bertz CT molecular complexity index is 1270. The predicted molar refractivity (Wildman–Crippen MR) is 135 cm³/mol. The number of hydrogen-bond acceptors (Lipinski definition) is 10. The topological polar surface area (TPSA) is 164 Å². The normalized spacial score (nSPS) is 24.2. The Balaban J connectivity index is 1.69. The number of aliphatic hydroxyl groups is 1. The standard InChI is InChI=1S/C24H31N3O10Se/c1-24(2)36-18-15(12-28)35-21(19(18)37-24)26-14(17(22(33-3)34-4)20(29)25-23(26)30)9-7-11-38-16-10-6-5-8-13(16)27(31)32/h5-6,8,10,15,18-19,21-22,28H,7,9,11-12H2,1-4H3,(H,25,29,30)/t15-,18-,19-,21-/m1/s1. The van der Waals surface area contributed by atoms with Gasteiger partial charge in [0, 0.05) is 0 Å². The second-order valence-electron chi connectivity index (χ2n) is 9.28. The zero-order valence-corrected chi connectivity index (χ0v) is 23.2. The van der Waals surface area contributed by atoms with Gasteiger partial charge in [0.1, 0.15) is 0 Å². The molecule has 2 saturated heterocycles. The summed E-state index contributed by atoms with van der Waals surface area (Å²) in [6, 6.07) is 6.59. The average Bonchev–Trinajstić information content (AvgIpc) is 3.36. The third-order valence-corrected chi connectivity index (χ3v) is 8.80. The van der Waals surface area contributed by atoms with Crippen LogP contribution in [-0.4, -0.2) is 79.5 Å². The Hall–Kier alpha value is -2.42. The molecule has 0 amide bonds. The van der Waals surface area contributed by atoms with E-state index in [1.165, 1.54) is 24.9 Å². The summed E-state index contributed by atoms with van der Waals surface area (Å²) in [7, 11) is 2.76. The van der Waals surface area contributed by atoms with Crippen molar-refractivity contribution in [3.05, 3.63) is 66.5 Å². The zero-order valence-electron chi connectivity index (χ0n) is 21.4. The second kappa shape index (κ2) is 11.8. The molecule has 0 bridgehead atoms. The monoisotopic (exact) mass is 601 g/mol. The Kier molecular flexibility index (Phi) is 8.85. The molecular formula is C24H31N3O10Se. The fourth-order valence-electron chi connectivity index (χ4n) is 4.87. The Morgan fingerprint density at radius 1 is 1.21 bits per heavy atom. The van der Waals surface area contributed by atoms with E-state index < -0.39 is 52.8 Å². The summed E-state index contributed by atoms with van der Waals surface area (Å²) in [6.07, 6.45) is -3.39. The van der Waals surface area contributed by atoms with Crippen molar-refractivity contribution in [3.8, 4) is 0 Å². The van der Waals surface area contributed by atoms with E-state index in [-0.39, 0.29) is 39.2 Å². The summed E-state index contributed by atoms with van der Waals surface area (Å²) >= 11 is -0.221. The molecule has 38 heavy (non-hydrogen) atoms. The van der Waals surface area contributed by atoms with Crippen molar-refractivity contribution in [2.45, 2.75) is 68.6 Å². The van der Waals surface area contributed by atoms with E-state index in [1.807, 2.05) is 0 Å². The molecule has 2 N–H and O–H groups in total. The van der Waals surface area contributed by atoms with Gasteiger partial charge in [0.05, 0.1) is 0 Å². The van der Waals surface area contributed by atoms with E-state index in [2.05, 4.69) is 4.98 Å². The van der Waals surface area contributed by atoms with Crippen LogP contribution in [0.15, 0.2) is 33.9 Å². The van der Waals surface area contributed by atoms with Crippen LogP contribution in [0.2, 0.25) is 5.32 Å². The number of aliphatic hydroxyl groups excluding tert-OH is 1. The van der Waals surface area contributed by atoms with Crippen LogP contribution in [0.25, 0.3) is 0 Å². The molecule has 0 spiro atoms. The molecule has 0 unspecified atom stereocenters. The van der Waals surface area contributed by atoms with Gasteiger partial charge in [0.25, 0.3) is 0 Å². The summed E-state index contributed by atoms with van der Waals surface area (Å²) < 4.78 is 30.7. The number of rotatable bonds is 11. The first-order chi connectivity index (χ1) is 18.1. The molecule has 2 aliphatic rings. The second-order valence-corrected chi connectivity index (χ2v) is 11.7. The van der Waals surface area contributed by atoms with Gasteiger partial charge < -0.3 is 0 Å². The number of hydrogen-bond donors (Lipinski definition) is 2. The molecule has 14 heteroatoms. The molecule has 2 fully saturated rings. The molecular weight excluding hydrogens is 569 g/mol. The van der Waals surface area contributed by atoms with Crippen molar-refractivity contribution in [2.75, 3.05) is 20.8 Å². The summed E-state index contributed by atoms with van der Waals surface area (Å²) in [6.45, 7) is 3.11. The van der Waals surface area contributed by atoms with Crippen LogP contribution in [0.5, 0.6) is 0 Å². The number of benzene rings is 1. The maximum atomic E-state index is 13.2. The predicted octanol–water partition coefficient (Wildman–Crippen LogP) is 0.527. The van der Waals surface area contributed by atoms with Crippen LogP contribution in [0.1, 0.15) is 44.0 Å². The fourth-order valence-corrected chi connectivity index (χ4v) is 6.92. The van der Waals surface area contributed by atoms with Crippen LogP contribution in [-0.2, 0) is 30.1 Å². The van der Waals surface area contributed by atoms with Crippen molar-refractivity contribution in [1.82, 2.24) is 9.55 Å². The van der Waals surface area contributed by atoms with Gasteiger partial charge in [-0.15, -0.1) is 0 Å². The van der Waals surface area contributed by atoms with E-state index in [0.29, 0.717) is 21.9 Å². The Morgan fingerprint density at radius 2 is 1.89 bits per heavy atom. The van der Waals surface area contributed by atoms with Gasteiger partial charge in [0.15, 0.2) is 0 Å². The molecule has 1 aromatic carbocycles. The van der Waals surface area contributed by atoms with E-state index in [4.69, 9.17) is 23.7 Å². The fraction of sp³-hybridized carbons (Fsp3) is 0.583. The number of fused-ring (bicyclic) bond motifs is 1. The average molecular weight is 600 g/mol. The van der Waals surface area contributed by atoms with E-state index in [1.54, 1.807) is 32.0 Å². The molecule has 13 nitrogen and oxygen atoms in total. The number of nitrogens with zero attached hydrogens (tertiary/aromatic N) is 2. The van der Waals surface area contributed by atoms with Crippen LogP contribution in [0.4, 0.5) is 5.69 Å². The summed E-state index contributed by atoms with van der Waals surface area (Å²) in [4.78, 5) is 39.5. The molecule has 0 aliphatic carbocycles. The SMILES string of the molecule is COC(OC)c1c(CCC[Se]c2ccccc2[N+](=O)[O-])n([C@@H]2O[C@H](CO)[C@H]3OC(C)(C)O[C@H]32)c(=O)[nH]c1=O. The molecule has 1 aromatic heterocycles. The van der Waals surface area contributed by atoms with Gasteiger partial charge in [-0.25, -0.2) is 0 Å². The zero-order chi connectivity index (χ0) is 27.6. The van der Waals surface area contributed by atoms with Crippen molar-refractivity contribution < 1.29 is 33.7 Å². The van der Waals surface area contributed by atoms with E-state index in [9.17, 15) is 24.8 Å². The van der Waals surface area contributed by atoms with Crippen LogP contribution < -0.4 is 15.7 Å². The molecule has 0 saturated carbocycles. The quantitative estimate of drug-likeness (QED) is 0.122. The number of nitro groups is 1. The number of aromatic amines is 1. The van der Waals surface area contributed by atoms with Crippen LogP contribution >= 0.6 is 0 Å². The molecule has 208 valence electrons. The summed E-state index contributed by atoms with van der Waals surface area (Å²) in [5, 5.41) is 21.9. The molecule has 4 atom stereocenters. The third kappa shape index (κ3) is 5.63. The van der Waals surface area contributed by atoms with Crippen molar-refractivity contribution in [1.29, 1.82) is 0 Å². The first-order valence-corrected chi connectivity index (χ1v) is 14.1. The first-order valence-electron chi connectivity index (χ1n) is 12.0. The van der Waals surface area contributed by atoms with Gasteiger partial charge in [-0.1, -0.05) is 0 Å². The number of ether oxygens (including phenoxy) is 5. The number of aromatic nitrogens is 2. The minimum atomic E-state index is -1.07. The number of nitro benzene ring substituents is 1. The number of H-pyrrole nitrogens is 1. The molecule has 2 aliphatic heterocycles.